The minimum atomic E-state index is 0.321. The second-order valence-electron chi connectivity index (χ2n) is 4.10. The van der Waals surface area contributed by atoms with E-state index < -0.39 is 0 Å². The zero-order chi connectivity index (χ0) is 13.8. The lowest BCUT2D eigenvalue weighted by molar-refractivity contribution is 0.408. The lowest BCUT2D eigenvalue weighted by Crippen LogP contribution is -2.11. The highest BCUT2D eigenvalue weighted by Gasteiger charge is 2.10. The molecule has 2 aromatic carbocycles. The average Bonchev–Trinajstić information content (AvgIpc) is 2.41. The third kappa shape index (κ3) is 3.03. The molecule has 0 aliphatic carbocycles. The highest BCUT2D eigenvalue weighted by molar-refractivity contribution is 7.80. The minimum absolute atomic E-state index is 0.321. The van der Waals surface area contributed by atoms with Gasteiger partial charge >= 0.3 is 0 Å². The van der Waals surface area contributed by atoms with Gasteiger partial charge in [-0.15, -0.1) is 0 Å². The Labute approximate surface area is 118 Å². The van der Waals surface area contributed by atoms with Crippen molar-refractivity contribution in [2.75, 3.05) is 7.11 Å². The van der Waals surface area contributed by atoms with Gasteiger partial charge in [-0.05, 0) is 30.7 Å². The molecule has 3 nitrogen and oxygen atoms in total. The van der Waals surface area contributed by atoms with Crippen LogP contribution in [0.4, 0.5) is 0 Å². The molecular formula is C15H15NO2S. The number of ether oxygens (including phenoxy) is 2. The van der Waals surface area contributed by atoms with E-state index in [-0.39, 0.29) is 0 Å². The van der Waals surface area contributed by atoms with E-state index in [4.69, 9.17) is 27.4 Å². The maximum Gasteiger partial charge on any atom is 0.140 e. The van der Waals surface area contributed by atoms with Crippen LogP contribution in [-0.4, -0.2) is 12.1 Å². The van der Waals surface area contributed by atoms with E-state index in [0.29, 0.717) is 16.5 Å². The molecule has 0 saturated carbocycles. The normalized spacial score (nSPS) is 10.0. The summed E-state index contributed by atoms with van der Waals surface area (Å²) in [7, 11) is 1.62. The standard InChI is InChI=1S/C15H15NO2S/c1-10-5-3-8-13(15(16)19)14(10)18-12-7-4-6-11(9-12)17-2/h3-9H,1-2H3,(H2,16,19). The van der Waals surface area contributed by atoms with E-state index in [1.807, 2.05) is 49.4 Å². The van der Waals surface area contributed by atoms with Crippen molar-refractivity contribution in [2.45, 2.75) is 6.92 Å². The van der Waals surface area contributed by atoms with Crippen LogP contribution in [0, 0.1) is 6.92 Å². The molecule has 0 aliphatic heterocycles. The molecular weight excluding hydrogens is 258 g/mol. The molecule has 0 aromatic heterocycles. The summed E-state index contributed by atoms with van der Waals surface area (Å²) < 4.78 is 11.1. The second kappa shape index (κ2) is 5.71. The van der Waals surface area contributed by atoms with Crippen LogP contribution in [0.1, 0.15) is 11.1 Å². The molecule has 0 amide bonds. The lowest BCUT2D eigenvalue weighted by Gasteiger charge is -2.13. The number of rotatable bonds is 4. The Morgan fingerprint density at radius 2 is 1.79 bits per heavy atom. The third-order valence-electron chi connectivity index (χ3n) is 2.74. The van der Waals surface area contributed by atoms with Gasteiger partial charge in [0.1, 0.15) is 22.2 Å². The first-order valence-electron chi connectivity index (χ1n) is 5.83. The van der Waals surface area contributed by atoms with Crippen molar-refractivity contribution in [3.05, 3.63) is 53.6 Å². The monoisotopic (exact) mass is 273 g/mol. The minimum Gasteiger partial charge on any atom is -0.497 e. The van der Waals surface area contributed by atoms with Crippen molar-refractivity contribution in [3.8, 4) is 17.2 Å². The molecule has 0 radical (unpaired) electrons. The molecule has 0 heterocycles. The van der Waals surface area contributed by atoms with Gasteiger partial charge in [0.05, 0.1) is 12.7 Å². The summed E-state index contributed by atoms with van der Waals surface area (Å²) in [6, 6.07) is 13.1. The quantitative estimate of drug-likeness (QED) is 0.867. The highest BCUT2D eigenvalue weighted by Crippen LogP contribution is 2.30. The Morgan fingerprint density at radius 3 is 2.47 bits per heavy atom. The fourth-order valence-corrected chi connectivity index (χ4v) is 1.93. The van der Waals surface area contributed by atoms with Crippen LogP contribution in [0.3, 0.4) is 0 Å². The molecule has 0 unspecified atom stereocenters. The molecule has 2 N–H and O–H groups in total. The largest absolute Gasteiger partial charge is 0.497 e. The average molecular weight is 273 g/mol. The molecule has 0 fully saturated rings. The van der Waals surface area contributed by atoms with Crippen molar-refractivity contribution in [3.63, 3.8) is 0 Å². The summed E-state index contributed by atoms with van der Waals surface area (Å²) >= 11 is 5.05. The SMILES string of the molecule is COc1cccc(Oc2c(C)cccc2C(N)=S)c1. The van der Waals surface area contributed by atoms with E-state index in [1.54, 1.807) is 7.11 Å². The predicted molar refractivity (Wildman–Crippen MR) is 80.1 cm³/mol. The zero-order valence-electron chi connectivity index (χ0n) is 10.8. The first-order chi connectivity index (χ1) is 9.11. The summed E-state index contributed by atoms with van der Waals surface area (Å²) in [5.74, 6) is 2.11. The van der Waals surface area contributed by atoms with Gasteiger partial charge in [-0.25, -0.2) is 0 Å². The van der Waals surface area contributed by atoms with Crippen LogP contribution >= 0.6 is 12.2 Å². The van der Waals surface area contributed by atoms with Crippen LogP contribution < -0.4 is 15.2 Å². The van der Waals surface area contributed by atoms with Crippen molar-refractivity contribution in [2.24, 2.45) is 5.73 Å². The summed E-state index contributed by atoms with van der Waals surface area (Å²) in [6.45, 7) is 1.96. The van der Waals surface area contributed by atoms with Gasteiger partial charge in [-0.1, -0.05) is 30.4 Å². The van der Waals surface area contributed by atoms with Crippen molar-refractivity contribution < 1.29 is 9.47 Å². The maximum absolute atomic E-state index is 5.90. The summed E-state index contributed by atoms with van der Waals surface area (Å²) in [4.78, 5) is 0.321. The number of hydrogen-bond acceptors (Lipinski definition) is 3. The van der Waals surface area contributed by atoms with E-state index in [1.165, 1.54) is 0 Å². The smallest absolute Gasteiger partial charge is 0.140 e. The number of hydrogen-bond donors (Lipinski definition) is 1. The fraction of sp³-hybridized carbons (Fsp3) is 0.133. The number of nitrogens with two attached hydrogens (primary N) is 1. The topological polar surface area (TPSA) is 44.5 Å². The van der Waals surface area contributed by atoms with Crippen LogP contribution in [0.2, 0.25) is 0 Å². The Bertz CT molecular complexity index is 611. The van der Waals surface area contributed by atoms with Gasteiger partial charge < -0.3 is 15.2 Å². The number of para-hydroxylation sites is 1. The van der Waals surface area contributed by atoms with E-state index in [9.17, 15) is 0 Å². The molecule has 0 bridgehead atoms. The van der Waals surface area contributed by atoms with Gasteiger partial charge in [0.2, 0.25) is 0 Å². The Kier molecular flexibility index (Phi) is 4.02. The lowest BCUT2D eigenvalue weighted by atomic mass is 10.1. The summed E-state index contributed by atoms with van der Waals surface area (Å²) in [5, 5.41) is 0. The number of methoxy groups -OCH3 is 1. The third-order valence-corrected chi connectivity index (χ3v) is 2.96. The summed E-state index contributed by atoms with van der Waals surface area (Å²) in [5.41, 5.74) is 7.43. The van der Waals surface area contributed by atoms with Crippen LogP contribution in [-0.2, 0) is 0 Å². The van der Waals surface area contributed by atoms with Crippen LogP contribution in [0.5, 0.6) is 17.2 Å². The Morgan fingerprint density at radius 1 is 1.11 bits per heavy atom. The maximum atomic E-state index is 5.90. The molecule has 0 spiro atoms. The van der Waals surface area contributed by atoms with Crippen LogP contribution in [0.15, 0.2) is 42.5 Å². The fourth-order valence-electron chi connectivity index (χ4n) is 1.76. The number of thiocarbonyl (C=S) groups is 1. The van der Waals surface area contributed by atoms with Crippen LogP contribution in [0.25, 0.3) is 0 Å². The van der Waals surface area contributed by atoms with Gasteiger partial charge in [0, 0.05) is 6.07 Å². The second-order valence-corrected chi connectivity index (χ2v) is 4.54. The van der Waals surface area contributed by atoms with Gasteiger partial charge in [-0.3, -0.25) is 0 Å². The molecule has 0 aliphatic rings. The zero-order valence-corrected chi connectivity index (χ0v) is 11.7. The highest BCUT2D eigenvalue weighted by atomic mass is 32.1. The first kappa shape index (κ1) is 13.4. The van der Waals surface area contributed by atoms with E-state index >= 15 is 0 Å². The number of benzene rings is 2. The van der Waals surface area contributed by atoms with Gasteiger partial charge in [0.15, 0.2) is 0 Å². The molecule has 0 atom stereocenters. The van der Waals surface area contributed by atoms with Gasteiger partial charge in [0.25, 0.3) is 0 Å². The Hall–Kier alpha value is -2.07. The van der Waals surface area contributed by atoms with Gasteiger partial charge in [-0.2, -0.15) is 0 Å². The van der Waals surface area contributed by atoms with Crippen molar-refractivity contribution in [1.29, 1.82) is 0 Å². The molecule has 4 heteroatoms. The molecule has 2 rings (SSSR count). The van der Waals surface area contributed by atoms with Crippen molar-refractivity contribution >= 4 is 17.2 Å². The molecule has 19 heavy (non-hydrogen) atoms. The van der Waals surface area contributed by atoms with E-state index in [2.05, 4.69) is 0 Å². The molecule has 2 aromatic rings. The predicted octanol–water partition coefficient (Wildman–Crippen LogP) is 3.43. The molecule has 0 saturated heterocycles. The van der Waals surface area contributed by atoms with E-state index in [0.717, 1.165) is 16.9 Å². The first-order valence-corrected chi connectivity index (χ1v) is 6.24. The Balaban J connectivity index is 2.40. The van der Waals surface area contributed by atoms with Crippen molar-refractivity contribution in [1.82, 2.24) is 0 Å². The summed E-state index contributed by atoms with van der Waals surface area (Å²) in [6.07, 6.45) is 0. The number of aryl methyl sites for hydroxylation is 1. The molecule has 98 valence electrons.